The molecule has 0 saturated carbocycles. The summed E-state index contributed by atoms with van der Waals surface area (Å²) in [5.74, 6) is 0. The predicted octanol–water partition coefficient (Wildman–Crippen LogP) is 4.10. The Morgan fingerprint density at radius 1 is 0.917 bits per heavy atom. The minimum atomic E-state index is 0.938. The molecule has 0 fully saturated rings. The monoisotopic (exact) mass is 312 g/mol. The fourth-order valence-corrected chi connectivity index (χ4v) is 3.14. The van der Waals surface area contributed by atoms with Crippen molar-refractivity contribution in [2.24, 2.45) is 7.05 Å². The van der Waals surface area contributed by atoms with Crippen molar-refractivity contribution in [3.8, 4) is 22.5 Å². The quantitative estimate of drug-likeness (QED) is 0.522. The molecule has 0 atom stereocenters. The molecule has 2 heterocycles. The molecule has 3 nitrogen and oxygen atoms in total. The molecule has 0 unspecified atom stereocenters. The summed E-state index contributed by atoms with van der Waals surface area (Å²) >= 11 is 0. The van der Waals surface area contributed by atoms with E-state index in [-0.39, 0.29) is 0 Å². The van der Waals surface area contributed by atoms with E-state index in [4.69, 9.17) is 0 Å². The molecule has 0 aliphatic heterocycles. The summed E-state index contributed by atoms with van der Waals surface area (Å²) in [5, 5.41) is 1.22. The van der Waals surface area contributed by atoms with Crippen LogP contribution >= 0.6 is 0 Å². The average molecular weight is 312 g/mol. The molecule has 0 N–H and O–H groups in total. The number of aromatic nitrogens is 3. The molecule has 4 rings (SSSR count). The van der Waals surface area contributed by atoms with Gasteiger partial charge in [0.15, 0.2) is 0 Å². The van der Waals surface area contributed by atoms with Gasteiger partial charge in [0, 0.05) is 34.8 Å². The molecule has 0 bridgehead atoms. The lowest BCUT2D eigenvalue weighted by Crippen LogP contribution is -2.32. The van der Waals surface area contributed by atoms with Crippen LogP contribution in [-0.2, 0) is 7.05 Å². The summed E-state index contributed by atoms with van der Waals surface area (Å²) in [6, 6.07) is 21.2. The number of nitrogens with zero attached hydrogens (tertiary/aromatic N) is 3. The van der Waals surface area contributed by atoms with Crippen LogP contribution in [0.25, 0.3) is 33.4 Å². The van der Waals surface area contributed by atoms with E-state index >= 15 is 0 Å². The second-order valence-electron chi connectivity index (χ2n) is 5.96. The van der Waals surface area contributed by atoms with E-state index in [9.17, 15) is 0 Å². The average Bonchev–Trinajstić information content (AvgIpc) is 2.63. The highest BCUT2D eigenvalue weighted by Crippen LogP contribution is 2.25. The molecule has 0 amide bonds. The van der Waals surface area contributed by atoms with Crippen LogP contribution in [0.15, 0.2) is 73.2 Å². The van der Waals surface area contributed by atoms with Crippen molar-refractivity contribution in [2.45, 2.75) is 6.92 Å². The molecule has 2 aromatic carbocycles. The number of fused-ring (bicyclic) bond motifs is 1. The molecule has 2 aromatic heterocycles. The van der Waals surface area contributed by atoms with Crippen LogP contribution in [-0.4, -0.2) is 9.97 Å². The number of rotatable bonds is 2. The first-order valence-electron chi connectivity index (χ1n) is 7.99. The van der Waals surface area contributed by atoms with E-state index in [0.29, 0.717) is 0 Å². The number of aryl methyl sites for hydroxylation is 2. The molecule has 0 spiro atoms. The van der Waals surface area contributed by atoms with Gasteiger partial charge in [0.2, 0.25) is 11.2 Å². The van der Waals surface area contributed by atoms with Gasteiger partial charge in [-0.15, -0.1) is 0 Å². The molecule has 24 heavy (non-hydrogen) atoms. The van der Waals surface area contributed by atoms with Crippen molar-refractivity contribution in [2.75, 3.05) is 0 Å². The summed E-state index contributed by atoms with van der Waals surface area (Å²) in [6.45, 7) is 2.15. The first kappa shape index (κ1) is 14.5. The predicted molar refractivity (Wildman–Crippen MR) is 96.3 cm³/mol. The van der Waals surface area contributed by atoms with Crippen LogP contribution in [0.5, 0.6) is 0 Å². The van der Waals surface area contributed by atoms with Gasteiger partial charge in [-0.1, -0.05) is 24.3 Å². The number of pyridine rings is 1. The standard InChI is InChI=1S/C21H18N3/c1-15-5-3-4-6-18(15)20-10-9-16-7-8-17(13-21(16)24(20)2)19-11-12-22-14-23-19/h3-14H,1-2H3/q+1. The normalized spacial score (nSPS) is 10.9. The van der Waals surface area contributed by atoms with Gasteiger partial charge in [-0.05, 0) is 36.8 Å². The largest absolute Gasteiger partial charge is 0.245 e. The van der Waals surface area contributed by atoms with Crippen molar-refractivity contribution < 1.29 is 4.57 Å². The summed E-state index contributed by atoms with van der Waals surface area (Å²) in [6.07, 6.45) is 3.36. The number of benzene rings is 2. The van der Waals surface area contributed by atoms with Crippen molar-refractivity contribution in [1.29, 1.82) is 0 Å². The Kier molecular flexibility index (Phi) is 3.54. The number of hydrogen-bond acceptors (Lipinski definition) is 2. The summed E-state index contributed by atoms with van der Waals surface area (Å²) in [7, 11) is 2.12. The summed E-state index contributed by atoms with van der Waals surface area (Å²) < 4.78 is 2.25. The minimum absolute atomic E-state index is 0.938. The SMILES string of the molecule is Cc1ccccc1-c1ccc2ccc(-c3ccncn3)cc2[n+]1C. The molecule has 3 heteroatoms. The molecular weight excluding hydrogens is 294 g/mol. The van der Waals surface area contributed by atoms with Crippen molar-refractivity contribution in [1.82, 2.24) is 9.97 Å². The Morgan fingerprint density at radius 2 is 1.75 bits per heavy atom. The second-order valence-corrected chi connectivity index (χ2v) is 5.96. The molecule has 116 valence electrons. The van der Waals surface area contributed by atoms with Crippen LogP contribution < -0.4 is 4.57 Å². The molecule has 0 saturated heterocycles. The number of hydrogen-bond donors (Lipinski definition) is 0. The zero-order chi connectivity index (χ0) is 16.5. The van der Waals surface area contributed by atoms with Crippen molar-refractivity contribution in [3.63, 3.8) is 0 Å². The molecule has 0 aliphatic rings. The van der Waals surface area contributed by atoms with Crippen LogP contribution in [0.2, 0.25) is 0 Å². The van der Waals surface area contributed by atoms with Gasteiger partial charge in [0.1, 0.15) is 13.4 Å². The summed E-state index contributed by atoms with van der Waals surface area (Å²) in [4.78, 5) is 8.36. The summed E-state index contributed by atoms with van der Waals surface area (Å²) in [5.41, 5.74) is 6.97. The highest BCUT2D eigenvalue weighted by Gasteiger charge is 2.16. The lowest BCUT2D eigenvalue weighted by atomic mass is 10.0. The van der Waals surface area contributed by atoms with Gasteiger partial charge < -0.3 is 0 Å². The van der Waals surface area contributed by atoms with Gasteiger partial charge in [-0.25, -0.2) is 9.97 Å². The molecule has 0 aliphatic carbocycles. The van der Waals surface area contributed by atoms with E-state index in [1.54, 1.807) is 12.5 Å². The molecule has 4 aromatic rings. The molecule has 0 radical (unpaired) electrons. The Balaban J connectivity index is 1.93. The van der Waals surface area contributed by atoms with Crippen molar-refractivity contribution >= 4 is 10.9 Å². The van der Waals surface area contributed by atoms with Crippen LogP contribution in [0.3, 0.4) is 0 Å². The second kappa shape index (κ2) is 5.85. The first-order chi connectivity index (χ1) is 11.7. The highest BCUT2D eigenvalue weighted by molar-refractivity contribution is 5.82. The zero-order valence-corrected chi connectivity index (χ0v) is 13.8. The van der Waals surface area contributed by atoms with E-state index < -0.39 is 0 Å². The lowest BCUT2D eigenvalue weighted by Gasteiger charge is -2.07. The fraction of sp³-hybridized carbons (Fsp3) is 0.0952. The highest BCUT2D eigenvalue weighted by atomic mass is 14.9. The van der Waals surface area contributed by atoms with Gasteiger partial charge in [0.05, 0.1) is 5.69 Å². The van der Waals surface area contributed by atoms with Crippen LogP contribution in [0.1, 0.15) is 5.56 Å². The van der Waals surface area contributed by atoms with Crippen LogP contribution in [0.4, 0.5) is 0 Å². The third kappa shape index (κ3) is 2.44. The smallest absolute Gasteiger partial charge is 0.213 e. The Hall–Kier alpha value is -3.07. The van der Waals surface area contributed by atoms with E-state index in [1.807, 2.05) is 6.07 Å². The zero-order valence-electron chi connectivity index (χ0n) is 13.8. The maximum Gasteiger partial charge on any atom is 0.213 e. The van der Waals surface area contributed by atoms with Gasteiger partial charge in [-0.2, -0.15) is 4.57 Å². The maximum absolute atomic E-state index is 4.36. The van der Waals surface area contributed by atoms with Gasteiger partial charge in [0.25, 0.3) is 0 Å². The molecular formula is C21H18N3+. The fourth-order valence-electron chi connectivity index (χ4n) is 3.14. The third-order valence-corrected chi connectivity index (χ3v) is 4.47. The third-order valence-electron chi connectivity index (χ3n) is 4.47. The van der Waals surface area contributed by atoms with E-state index in [0.717, 1.165) is 11.3 Å². The van der Waals surface area contributed by atoms with E-state index in [1.165, 1.54) is 27.7 Å². The van der Waals surface area contributed by atoms with Gasteiger partial charge in [-0.3, -0.25) is 0 Å². The van der Waals surface area contributed by atoms with Gasteiger partial charge >= 0.3 is 0 Å². The Bertz CT molecular complexity index is 1020. The maximum atomic E-state index is 4.36. The minimum Gasteiger partial charge on any atom is -0.245 e. The van der Waals surface area contributed by atoms with Crippen molar-refractivity contribution in [3.05, 3.63) is 78.8 Å². The van der Waals surface area contributed by atoms with E-state index in [2.05, 4.69) is 83.1 Å². The lowest BCUT2D eigenvalue weighted by molar-refractivity contribution is -0.633. The Labute approximate surface area is 141 Å². The van der Waals surface area contributed by atoms with Crippen LogP contribution in [0, 0.1) is 6.92 Å². The first-order valence-corrected chi connectivity index (χ1v) is 7.99. The Morgan fingerprint density at radius 3 is 2.54 bits per heavy atom. The topological polar surface area (TPSA) is 29.7 Å².